The van der Waals surface area contributed by atoms with Gasteiger partial charge in [-0.3, -0.25) is 4.79 Å². The van der Waals surface area contributed by atoms with Crippen LogP contribution < -0.4 is 5.32 Å². The van der Waals surface area contributed by atoms with Gasteiger partial charge in [-0.1, -0.05) is 37.3 Å². The topological polar surface area (TPSA) is 69.6 Å². The van der Waals surface area contributed by atoms with Crippen molar-refractivity contribution in [3.8, 4) is 0 Å². The molecule has 0 fully saturated rings. The fraction of sp³-hybridized carbons (Fsp3) is 0.429. The lowest BCUT2D eigenvalue weighted by molar-refractivity contribution is -0.137. The van der Waals surface area contributed by atoms with E-state index in [1.807, 2.05) is 37.3 Å². The number of rotatable bonds is 6. The van der Waals surface area contributed by atoms with E-state index in [-0.39, 0.29) is 18.6 Å². The lowest BCUT2D eigenvalue weighted by Crippen LogP contribution is -2.43. The van der Waals surface area contributed by atoms with Crippen LogP contribution in [0.2, 0.25) is 0 Å². The van der Waals surface area contributed by atoms with Gasteiger partial charge in [0.25, 0.3) is 0 Å². The van der Waals surface area contributed by atoms with Gasteiger partial charge in [0.05, 0.1) is 6.04 Å². The summed E-state index contributed by atoms with van der Waals surface area (Å²) in [6.07, 6.45) is 0.750. The van der Waals surface area contributed by atoms with Crippen molar-refractivity contribution in [2.45, 2.75) is 26.3 Å². The van der Waals surface area contributed by atoms with Gasteiger partial charge in [0, 0.05) is 6.54 Å². The fourth-order valence-electron chi connectivity index (χ4n) is 1.84. The van der Waals surface area contributed by atoms with Crippen LogP contribution in [0.15, 0.2) is 30.3 Å². The number of hydrogen-bond acceptors (Lipinski definition) is 2. The highest BCUT2D eigenvalue weighted by Gasteiger charge is 2.18. The third-order valence-corrected chi connectivity index (χ3v) is 2.90. The molecule has 1 rings (SSSR count). The molecule has 0 saturated heterocycles. The van der Waals surface area contributed by atoms with Crippen molar-refractivity contribution < 1.29 is 14.7 Å². The van der Waals surface area contributed by atoms with Gasteiger partial charge in [-0.05, 0) is 18.9 Å². The zero-order valence-corrected chi connectivity index (χ0v) is 11.3. The summed E-state index contributed by atoms with van der Waals surface area (Å²) < 4.78 is 0. The second-order valence-corrected chi connectivity index (χ2v) is 4.23. The molecule has 1 aromatic carbocycles. The summed E-state index contributed by atoms with van der Waals surface area (Å²) in [5.74, 6) is -1.01. The van der Waals surface area contributed by atoms with E-state index in [1.165, 1.54) is 4.90 Å². The summed E-state index contributed by atoms with van der Waals surface area (Å²) in [7, 11) is 0. The van der Waals surface area contributed by atoms with Gasteiger partial charge < -0.3 is 15.3 Å². The Hall–Kier alpha value is -2.04. The van der Waals surface area contributed by atoms with E-state index in [2.05, 4.69) is 5.32 Å². The Labute approximate surface area is 113 Å². The summed E-state index contributed by atoms with van der Waals surface area (Å²) in [5.41, 5.74) is 1.02. The van der Waals surface area contributed by atoms with Crippen LogP contribution in [-0.2, 0) is 4.79 Å². The van der Waals surface area contributed by atoms with Gasteiger partial charge in [-0.25, -0.2) is 4.79 Å². The predicted molar refractivity (Wildman–Crippen MR) is 72.9 cm³/mol. The third kappa shape index (κ3) is 4.62. The van der Waals surface area contributed by atoms with E-state index >= 15 is 0 Å². The van der Waals surface area contributed by atoms with Crippen molar-refractivity contribution >= 4 is 12.0 Å². The molecule has 0 bridgehead atoms. The fourth-order valence-corrected chi connectivity index (χ4v) is 1.84. The van der Waals surface area contributed by atoms with E-state index in [0.717, 1.165) is 12.0 Å². The Balaban J connectivity index is 2.70. The van der Waals surface area contributed by atoms with Crippen LogP contribution in [0.3, 0.4) is 0 Å². The van der Waals surface area contributed by atoms with Crippen molar-refractivity contribution in [2.75, 3.05) is 13.1 Å². The molecule has 19 heavy (non-hydrogen) atoms. The second-order valence-electron chi connectivity index (χ2n) is 4.23. The quantitative estimate of drug-likeness (QED) is 0.828. The molecule has 0 aliphatic carbocycles. The molecule has 5 heteroatoms. The molecule has 1 atom stereocenters. The number of benzene rings is 1. The number of carboxylic acid groups (broad SMARTS) is 1. The number of urea groups is 1. The average Bonchev–Trinajstić information content (AvgIpc) is 2.42. The molecule has 0 radical (unpaired) electrons. The van der Waals surface area contributed by atoms with Crippen LogP contribution in [0, 0.1) is 0 Å². The standard InChI is InChI=1S/C14H20N2O3/c1-3-12(11-8-6-5-7-9-11)15-14(19)16(4-2)10-13(17)18/h5-9,12H,3-4,10H2,1-2H3,(H,15,19)(H,17,18). The van der Waals surface area contributed by atoms with Crippen LogP contribution in [0.1, 0.15) is 31.9 Å². The number of nitrogens with zero attached hydrogens (tertiary/aromatic N) is 1. The maximum absolute atomic E-state index is 12.0. The van der Waals surface area contributed by atoms with E-state index in [4.69, 9.17) is 5.11 Å². The van der Waals surface area contributed by atoms with Gasteiger partial charge in [0.15, 0.2) is 0 Å². The van der Waals surface area contributed by atoms with Crippen molar-refractivity contribution in [3.05, 3.63) is 35.9 Å². The maximum Gasteiger partial charge on any atom is 0.323 e. The van der Waals surface area contributed by atoms with E-state index in [0.29, 0.717) is 6.54 Å². The summed E-state index contributed by atoms with van der Waals surface area (Å²) in [5, 5.41) is 11.6. The predicted octanol–water partition coefficient (Wildman–Crippen LogP) is 2.25. The van der Waals surface area contributed by atoms with Crippen molar-refractivity contribution in [1.29, 1.82) is 0 Å². The first-order valence-corrected chi connectivity index (χ1v) is 6.40. The Morgan fingerprint density at radius 2 is 1.89 bits per heavy atom. The third-order valence-electron chi connectivity index (χ3n) is 2.90. The number of amides is 2. The number of carboxylic acids is 1. The molecular weight excluding hydrogens is 244 g/mol. The lowest BCUT2D eigenvalue weighted by atomic mass is 10.1. The molecule has 1 unspecified atom stereocenters. The zero-order valence-electron chi connectivity index (χ0n) is 11.3. The Morgan fingerprint density at radius 3 is 2.37 bits per heavy atom. The number of carbonyl (C=O) groups excluding carboxylic acids is 1. The first-order chi connectivity index (χ1) is 9.08. The van der Waals surface area contributed by atoms with E-state index < -0.39 is 5.97 Å². The number of nitrogens with one attached hydrogen (secondary N) is 1. The Morgan fingerprint density at radius 1 is 1.26 bits per heavy atom. The van der Waals surface area contributed by atoms with E-state index in [1.54, 1.807) is 6.92 Å². The number of aliphatic carboxylic acids is 1. The maximum atomic E-state index is 12.0. The number of likely N-dealkylation sites (N-methyl/N-ethyl adjacent to an activating group) is 1. The minimum absolute atomic E-state index is 0.100. The Bertz CT molecular complexity index is 420. The van der Waals surface area contributed by atoms with Crippen LogP contribution in [0.5, 0.6) is 0 Å². The van der Waals surface area contributed by atoms with Gasteiger partial charge >= 0.3 is 12.0 Å². The molecule has 2 amide bonds. The van der Waals surface area contributed by atoms with Crippen LogP contribution in [0.25, 0.3) is 0 Å². The first-order valence-electron chi connectivity index (χ1n) is 6.40. The monoisotopic (exact) mass is 264 g/mol. The first kappa shape index (κ1) is 15.0. The highest BCUT2D eigenvalue weighted by Crippen LogP contribution is 2.16. The minimum atomic E-state index is -1.01. The molecule has 5 nitrogen and oxygen atoms in total. The van der Waals surface area contributed by atoms with Gasteiger partial charge in [0.1, 0.15) is 6.54 Å². The Kier molecular flexibility index (Phi) is 5.85. The summed E-state index contributed by atoms with van der Waals surface area (Å²) in [4.78, 5) is 24.0. The normalized spacial score (nSPS) is 11.7. The molecule has 0 aliphatic heterocycles. The van der Waals surface area contributed by atoms with Crippen molar-refractivity contribution in [1.82, 2.24) is 10.2 Å². The molecule has 0 aliphatic rings. The molecular formula is C14H20N2O3. The van der Waals surface area contributed by atoms with Crippen LogP contribution in [0.4, 0.5) is 4.79 Å². The molecule has 0 heterocycles. The SMILES string of the molecule is CCC(NC(=O)N(CC)CC(=O)O)c1ccccc1. The number of hydrogen-bond donors (Lipinski definition) is 2. The van der Waals surface area contributed by atoms with E-state index in [9.17, 15) is 9.59 Å². The summed E-state index contributed by atoms with van der Waals surface area (Å²) >= 11 is 0. The molecule has 0 spiro atoms. The smallest absolute Gasteiger partial charge is 0.323 e. The summed E-state index contributed by atoms with van der Waals surface area (Å²) in [6.45, 7) is 3.81. The zero-order chi connectivity index (χ0) is 14.3. The van der Waals surface area contributed by atoms with Gasteiger partial charge in [0.2, 0.25) is 0 Å². The van der Waals surface area contributed by atoms with Crippen LogP contribution in [-0.4, -0.2) is 35.1 Å². The van der Waals surface area contributed by atoms with Gasteiger partial charge in [-0.2, -0.15) is 0 Å². The molecule has 2 N–H and O–H groups in total. The summed E-state index contributed by atoms with van der Waals surface area (Å²) in [6, 6.07) is 9.19. The molecule has 0 aromatic heterocycles. The molecule has 0 saturated carbocycles. The lowest BCUT2D eigenvalue weighted by Gasteiger charge is -2.24. The second kappa shape index (κ2) is 7.41. The number of carbonyl (C=O) groups is 2. The average molecular weight is 264 g/mol. The molecule has 104 valence electrons. The largest absolute Gasteiger partial charge is 0.480 e. The highest BCUT2D eigenvalue weighted by atomic mass is 16.4. The highest BCUT2D eigenvalue weighted by molar-refractivity contribution is 5.80. The minimum Gasteiger partial charge on any atom is -0.480 e. The van der Waals surface area contributed by atoms with Gasteiger partial charge in [-0.15, -0.1) is 0 Å². The van der Waals surface area contributed by atoms with Crippen LogP contribution >= 0.6 is 0 Å². The molecule has 1 aromatic rings. The van der Waals surface area contributed by atoms with Crippen molar-refractivity contribution in [2.24, 2.45) is 0 Å². The van der Waals surface area contributed by atoms with Crippen molar-refractivity contribution in [3.63, 3.8) is 0 Å².